The molecule has 1 aliphatic heterocycles. The molecule has 0 aliphatic carbocycles. The number of hydrogen-bond acceptors (Lipinski definition) is 5. The fourth-order valence-corrected chi connectivity index (χ4v) is 3.55. The van der Waals surface area contributed by atoms with Crippen LogP contribution < -0.4 is 13.9 Å². The van der Waals surface area contributed by atoms with Gasteiger partial charge in [-0.05, 0) is 48.5 Å². The van der Waals surface area contributed by atoms with Crippen molar-refractivity contribution < 1.29 is 22.3 Å². The molecule has 9 heteroatoms. The molecule has 1 heterocycles. The molecule has 0 saturated carbocycles. The molecule has 1 fully saturated rings. The van der Waals surface area contributed by atoms with Crippen LogP contribution in [0.3, 0.4) is 0 Å². The van der Waals surface area contributed by atoms with Gasteiger partial charge in [-0.1, -0.05) is 0 Å². The highest BCUT2D eigenvalue weighted by Gasteiger charge is 2.21. The van der Waals surface area contributed by atoms with Crippen molar-refractivity contribution in [3.05, 3.63) is 54.3 Å². The van der Waals surface area contributed by atoms with E-state index in [1.165, 1.54) is 23.5 Å². The molecule has 0 atom stereocenters. The van der Waals surface area contributed by atoms with Crippen LogP contribution in [0.15, 0.2) is 48.5 Å². The minimum Gasteiger partial charge on any atom is -0.484 e. The first kappa shape index (κ1) is 20.9. The largest absolute Gasteiger partial charge is 0.484 e. The summed E-state index contributed by atoms with van der Waals surface area (Å²) in [5, 5.41) is 0. The molecule has 2 aromatic rings. The molecule has 0 N–H and O–H groups in total. The zero-order valence-corrected chi connectivity index (χ0v) is 17.2. The molecule has 1 aliphatic rings. The highest BCUT2D eigenvalue weighted by atomic mass is 32.2. The maximum atomic E-state index is 13.0. The molecule has 2 aromatic carbocycles. The van der Waals surface area contributed by atoms with Crippen molar-refractivity contribution in [3.8, 4) is 5.75 Å². The Morgan fingerprint density at radius 1 is 1.03 bits per heavy atom. The predicted octanol–water partition coefficient (Wildman–Crippen LogP) is 1.95. The molecule has 0 radical (unpaired) electrons. The smallest absolute Gasteiger partial charge is 0.260 e. The van der Waals surface area contributed by atoms with E-state index < -0.39 is 10.0 Å². The Hall–Kier alpha value is -2.81. The summed E-state index contributed by atoms with van der Waals surface area (Å²) in [7, 11) is -1.85. The lowest BCUT2D eigenvalue weighted by molar-refractivity contribution is -0.133. The monoisotopic (exact) mass is 421 g/mol. The third-order valence-electron chi connectivity index (χ3n) is 4.88. The molecule has 1 saturated heterocycles. The normalized spacial score (nSPS) is 14.6. The van der Waals surface area contributed by atoms with E-state index in [9.17, 15) is 17.6 Å². The van der Waals surface area contributed by atoms with Gasteiger partial charge in [0.25, 0.3) is 5.91 Å². The predicted molar refractivity (Wildman–Crippen MR) is 110 cm³/mol. The van der Waals surface area contributed by atoms with Crippen molar-refractivity contribution in [2.45, 2.75) is 0 Å². The molecular formula is C20H24FN3O4S. The number of benzene rings is 2. The zero-order valence-electron chi connectivity index (χ0n) is 16.4. The van der Waals surface area contributed by atoms with E-state index in [-0.39, 0.29) is 18.3 Å². The van der Waals surface area contributed by atoms with Gasteiger partial charge in [0, 0.05) is 38.9 Å². The summed E-state index contributed by atoms with van der Waals surface area (Å²) < 4.78 is 42.9. The quantitative estimate of drug-likeness (QED) is 0.713. The minimum atomic E-state index is -3.33. The van der Waals surface area contributed by atoms with Gasteiger partial charge in [-0.15, -0.1) is 0 Å². The summed E-state index contributed by atoms with van der Waals surface area (Å²) in [4.78, 5) is 16.3. The second-order valence-corrected chi connectivity index (χ2v) is 8.87. The molecule has 7 nitrogen and oxygen atoms in total. The second-order valence-electron chi connectivity index (χ2n) is 6.86. The van der Waals surface area contributed by atoms with E-state index in [0.717, 1.165) is 11.9 Å². The van der Waals surface area contributed by atoms with Crippen LogP contribution in [0.5, 0.6) is 5.75 Å². The lowest BCUT2D eigenvalue weighted by Gasteiger charge is -2.36. The molecule has 0 spiro atoms. The first-order valence-corrected chi connectivity index (χ1v) is 11.0. The van der Waals surface area contributed by atoms with Gasteiger partial charge < -0.3 is 14.5 Å². The number of sulfonamides is 1. The standard InChI is InChI=1S/C20H24FN3O4S/c1-22(29(2,26)27)17-7-9-19(10-8-17)28-15-20(25)24-13-11-23(12-14-24)18-5-3-16(21)4-6-18/h3-10H,11-15H2,1-2H3. The highest BCUT2D eigenvalue weighted by molar-refractivity contribution is 7.92. The van der Waals surface area contributed by atoms with E-state index in [0.29, 0.717) is 37.6 Å². The highest BCUT2D eigenvalue weighted by Crippen LogP contribution is 2.21. The lowest BCUT2D eigenvalue weighted by atomic mass is 10.2. The summed E-state index contributed by atoms with van der Waals surface area (Å²) in [5.74, 6) is 0.116. The van der Waals surface area contributed by atoms with Crippen LogP contribution >= 0.6 is 0 Å². The average molecular weight is 421 g/mol. The first-order chi connectivity index (χ1) is 13.7. The SMILES string of the molecule is CN(c1ccc(OCC(=O)N2CCN(c3ccc(F)cc3)CC2)cc1)S(C)(=O)=O. The summed E-state index contributed by atoms with van der Waals surface area (Å²) in [6.45, 7) is 2.39. The molecule has 0 unspecified atom stereocenters. The summed E-state index contributed by atoms with van der Waals surface area (Å²) >= 11 is 0. The number of nitrogens with zero attached hydrogens (tertiary/aromatic N) is 3. The van der Waals surface area contributed by atoms with Crippen molar-refractivity contribution in [2.24, 2.45) is 0 Å². The molecule has 3 rings (SSSR count). The number of halogens is 1. The number of ether oxygens (including phenoxy) is 1. The van der Waals surface area contributed by atoms with Crippen LogP contribution in [0, 0.1) is 5.82 Å². The number of hydrogen-bond donors (Lipinski definition) is 0. The van der Waals surface area contributed by atoms with Crippen LogP contribution in [0.1, 0.15) is 0 Å². The first-order valence-electron chi connectivity index (χ1n) is 9.19. The van der Waals surface area contributed by atoms with Crippen molar-refractivity contribution >= 4 is 27.3 Å². The van der Waals surface area contributed by atoms with Gasteiger partial charge >= 0.3 is 0 Å². The Labute approximate surface area is 170 Å². The van der Waals surface area contributed by atoms with E-state index >= 15 is 0 Å². The summed E-state index contributed by atoms with van der Waals surface area (Å²) in [6, 6.07) is 12.9. The zero-order chi connectivity index (χ0) is 21.0. The topological polar surface area (TPSA) is 70.2 Å². The maximum absolute atomic E-state index is 13.0. The molecule has 0 bridgehead atoms. The van der Waals surface area contributed by atoms with Crippen LogP contribution in [-0.4, -0.2) is 65.3 Å². The third-order valence-corrected chi connectivity index (χ3v) is 6.09. The second kappa shape index (κ2) is 8.69. The number of rotatable bonds is 6. The molecule has 29 heavy (non-hydrogen) atoms. The van der Waals surface area contributed by atoms with E-state index in [1.807, 2.05) is 0 Å². The maximum Gasteiger partial charge on any atom is 0.260 e. The molecule has 156 valence electrons. The summed E-state index contributed by atoms with van der Waals surface area (Å²) in [6.07, 6.45) is 1.13. The summed E-state index contributed by atoms with van der Waals surface area (Å²) in [5.41, 5.74) is 1.46. The third kappa shape index (κ3) is 5.38. The van der Waals surface area contributed by atoms with Gasteiger partial charge in [0.15, 0.2) is 6.61 Å². The fraction of sp³-hybridized carbons (Fsp3) is 0.350. The Morgan fingerprint density at radius 3 is 2.17 bits per heavy atom. The van der Waals surface area contributed by atoms with Crippen LogP contribution in [0.25, 0.3) is 0 Å². The molecule has 0 aromatic heterocycles. The van der Waals surface area contributed by atoms with E-state index in [1.54, 1.807) is 41.3 Å². The van der Waals surface area contributed by atoms with Gasteiger partial charge in [-0.2, -0.15) is 0 Å². The van der Waals surface area contributed by atoms with Crippen molar-refractivity contribution in [2.75, 3.05) is 55.3 Å². The van der Waals surface area contributed by atoms with Crippen molar-refractivity contribution in [1.29, 1.82) is 0 Å². The number of carbonyl (C=O) groups excluding carboxylic acids is 1. The van der Waals surface area contributed by atoms with Gasteiger partial charge in [-0.25, -0.2) is 12.8 Å². The number of piperazine rings is 1. The lowest BCUT2D eigenvalue weighted by Crippen LogP contribution is -2.50. The fourth-order valence-electron chi connectivity index (χ4n) is 3.05. The van der Waals surface area contributed by atoms with E-state index in [4.69, 9.17) is 4.74 Å². The van der Waals surface area contributed by atoms with Crippen molar-refractivity contribution in [3.63, 3.8) is 0 Å². The Kier molecular flexibility index (Phi) is 6.26. The molecular weight excluding hydrogens is 397 g/mol. The van der Waals surface area contributed by atoms with Crippen LogP contribution in [0.2, 0.25) is 0 Å². The van der Waals surface area contributed by atoms with E-state index in [2.05, 4.69) is 4.90 Å². The number of anilines is 2. The van der Waals surface area contributed by atoms with Gasteiger partial charge in [-0.3, -0.25) is 9.10 Å². The van der Waals surface area contributed by atoms with Crippen LogP contribution in [0.4, 0.5) is 15.8 Å². The van der Waals surface area contributed by atoms with Gasteiger partial charge in [0.1, 0.15) is 11.6 Å². The van der Waals surface area contributed by atoms with Crippen molar-refractivity contribution in [1.82, 2.24) is 4.90 Å². The Balaban J connectivity index is 1.48. The Morgan fingerprint density at radius 2 is 1.62 bits per heavy atom. The number of carbonyl (C=O) groups is 1. The van der Waals surface area contributed by atoms with Crippen LogP contribution in [-0.2, 0) is 14.8 Å². The average Bonchev–Trinajstić information content (AvgIpc) is 2.72. The van der Waals surface area contributed by atoms with Gasteiger partial charge in [0.2, 0.25) is 10.0 Å². The molecule has 1 amide bonds. The number of amides is 1. The minimum absolute atomic E-state index is 0.0855. The Bertz CT molecular complexity index is 941. The van der Waals surface area contributed by atoms with Gasteiger partial charge in [0.05, 0.1) is 11.9 Å².